The van der Waals surface area contributed by atoms with Crippen LogP contribution in [0.15, 0.2) is 17.0 Å². The molecule has 0 aliphatic carbocycles. The molecule has 9 nitrogen and oxygen atoms in total. The first kappa shape index (κ1) is 26.0. The molecule has 0 aromatic heterocycles. The first-order chi connectivity index (χ1) is 15.2. The summed E-state index contributed by atoms with van der Waals surface area (Å²) >= 11 is 2.77. The van der Waals surface area contributed by atoms with E-state index in [9.17, 15) is 19.2 Å². The second-order valence-corrected chi connectivity index (χ2v) is 8.82. The smallest absolute Gasteiger partial charge is 0.344 e. The minimum atomic E-state index is -0.653. The number of thioether (sulfide) groups is 1. The van der Waals surface area contributed by atoms with E-state index >= 15 is 0 Å². The number of ether oxygens (including phenoxy) is 4. The summed E-state index contributed by atoms with van der Waals surface area (Å²) in [6, 6.07) is 3.37. The number of halogens is 1. The number of carbonyl (C=O) groups is 4. The maximum absolute atomic E-state index is 12.6. The molecule has 0 atom stereocenters. The van der Waals surface area contributed by atoms with E-state index < -0.39 is 29.6 Å². The largest absolute Gasteiger partial charge is 0.490 e. The van der Waals surface area contributed by atoms with Gasteiger partial charge in [0, 0.05) is 0 Å². The lowest BCUT2D eigenvalue weighted by molar-refractivity contribution is -0.149. The number of hydrogen-bond acceptors (Lipinski definition) is 9. The van der Waals surface area contributed by atoms with Crippen molar-refractivity contribution in [1.82, 2.24) is 4.90 Å². The van der Waals surface area contributed by atoms with Crippen molar-refractivity contribution in [1.29, 1.82) is 0 Å². The molecular formula is C21H24INO8S. The molecule has 0 saturated carbocycles. The second kappa shape index (κ2) is 12.1. The van der Waals surface area contributed by atoms with Crippen molar-refractivity contribution in [3.8, 4) is 11.5 Å². The van der Waals surface area contributed by atoms with Crippen LogP contribution in [-0.2, 0) is 23.9 Å². The average Bonchev–Trinajstić information content (AvgIpc) is 2.94. The van der Waals surface area contributed by atoms with Gasteiger partial charge in [-0.2, -0.15) is 0 Å². The van der Waals surface area contributed by atoms with Crippen LogP contribution in [0.1, 0.15) is 33.3 Å². The molecule has 1 saturated heterocycles. The molecule has 2 rings (SSSR count). The molecule has 174 valence electrons. The van der Waals surface area contributed by atoms with E-state index in [4.69, 9.17) is 18.9 Å². The van der Waals surface area contributed by atoms with E-state index in [0.717, 1.165) is 16.7 Å². The van der Waals surface area contributed by atoms with Crippen LogP contribution in [0.25, 0.3) is 6.08 Å². The predicted octanol–water partition coefficient (Wildman–Crippen LogP) is 3.62. The zero-order valence-electron chi connectivity index (χ0n) is 18.1. The third kappa shape index (κ3) is 7.12. The van der Waals surface area contributed by atoms with Crippen LogP contribution in [0.3, 0.4) is 0 Å². The van der Waals surface area contributed by atoms with Crippen molar-refractivity contribution in [2.45, 2.75) is 33.8 Å². The Hall–Kier alpha value is -2.28. The van der Waals surface area contributed by atoms with Crippen molar-refractivity contribution in [2.24, 2.45) is 0 Å². The maximum atomic E-state index is 12.6. The predicted molar refractivity (Wildman–Crippen MR) is 126 cm³/mol. The summed E-state index contributed by atoms with van der Waals surface area (Å²) in [5.74, 6) is -0.965. The molecule has 1 aliphatic heterocycles. The molecule has 0 spiro atoms. The van der Waals surface area contributed by atoms with Crippen LogP contribution in [0, 0.1) is 3.57 Å². The summed E-state index contributed by atoms with van der Waals surface area (Å²) in [6.45, 7) is 6.77. The normalized spacial score (nSPS) is 14.8. The van der Waals surface area contributed by atoms with Crippen LogP contribution in [-0.4, -0.2) is 60.5 Å². The zero-order valence-corrected chi connectivity index (χ0v) is 21.1. The Morgan fingerprint density at radius 3 is 2.47 bits per heavy atom. The minimum absolute atomic E-state index is 0.172. The fraction of sp³-hybridized carbons (Fsp3) is 0.429. The van der Waals surface area contributed by atoms with Crippen molar-refractivity contribution < 1.29 is 38.1 Å². The molecule has 0 radical (unpaired) electrons. The summed E-state index contributed by atoms with van der Waals surface area (Å²) in [4.78, 5) is 49.4. The van der Waals surface area contributed by atoms with Crippen LogP contribution >= 0.6 is 34.4 Å². The van der Waals surface area contributed by atoms with Gasteiger partial charge in [-0.25, -0.2) is 4.79 Å². The van der Waals surface area contributed by atoms with Crippen LogP contribution in [0.4, 0.5) is 4.79 Å². The number of hydrogen-bond donors (Lipinski definition) is 0. The Morgan fingerprint density at radius 1 is 1.12 bits per heavy atom. The minimum Gasteiger partial charge on any atom is -0.490 e. The Balaban J connectivity index is 2.24. The van der Waals surface area contributed by atoms with E-state index in [2.05, 4.69) is 0 Å². The fourth-order valence-corrected chi connectivity index (χ4v) is 4.24. The van der Waals surface area contributed by atoms with Gasteiger partial charge in [0.2, 0.25) is 0 Å². The van der Waals surface area contributed by atoms with E-state index in [1.165, 1.54) is 0 Å². The number of rotatable bonds is 10. The summed E-state index contributed by atoms with van der Waals surface area (Å²) in [5.41, 5.74) is 0.594. The highest BCUT2D eigenvalue weighted by Gasteiger charge is 2.36. The molecule has 1 heterocycles. The molecule has 11 heteroatoms. The topological polar surface area (TPSA) is 108 Å². The van der Waals surface area contributed by atoms with E-state index in [1.807, 2.05) is 22.6 Å². The molecule has 1 aromatic rings. The summed E-state index contributed by atoms with van der Waals surface area (Å²) in [6.07, 6.45) is 1.19. The summed E-state index contributed by atoms with van der Waals surface area (Å²) in [7, 11) is 0. The SMILES string of the molecule is CCOC(=O)COc1c(I)cc(/C=C2/SC(=O)N(CC(=O)OC(C)C)C2=O)cc1OCC. The van der Waals surface area contributed by atoms with Gasteiger partial charge in [-0.1, -0.05) is 0 Å². The van der Waals surface area contributed by atoms with Crippen molar-refractivity contribution >= 4 is 63.5 Å². The van der Waals surface area contributed by atoms with Crippen molar-refractivity contribution in [3.05, 3.63) is 26.2 Å². The highest BCUT2D eigenvalue weighted by atomic mass is 127. The number of carbonyl (C=O) groups excluding carboxylic acids is 4. The Bertz CT molecular complexity index is 931. The molecule has 1 fully saturated rings. The number of amides is 2. The van der Waals surface area contributed by atoms with Gasteiger partial charge in [0.15, 0.2) is 18.1 Å². The lowest BCUT2D eigenvalue weighted by Crippen LogP contribution is -2.35. The van der Waals surface area contributed by atoms with Gasteiger partial charge in [-0.3, -0.25) is 19.3 Å². The van der Waals surface area contributed by atoms with E-state index in [1.54, 1.807) is 45.9 Å². The van der Waals surface area contributed by atoms with E-state index in [0.29, 0.717) is 27.2 Å². The molecule has 1 aliphatic rings. The van der Waals surface area contributed by atoms with Gasteiger partial charge < -0.3 is 18.9 Å². The van der Waals surface area contributed by atoms with Crippen LogP contribution in [0.5, 0.6) is 11.5 Å². The molecule has 32 heavy (non-hydrogen) atoms. The lowest BCUT2D eigenvalue weighted by atomic mass is 10.2. The van der Waals surface area contributed by atoms with Gasteiger partial charge in [0.25, 0.3) is 11.1 Å². The van der Waals surface area contributed by atoms with Gasteiger partial charge in [0.05, 0.1) is 27.8 Å². The first-order valence-electron chi connectivity index (χ1n) is 9.85. The van der Waals surface area contributed by atoms with Crippen molar-refractivity contribution in [2.75, 3.05) is 26.4 Å². The highest BCUT2D eigenvalue weighted by Crippen LogP contribution is 2.37. The first-order valence-corrected chi connectivity index (χ1v) is 11.7. The third-order valence-corrected chi connectivity index (χ3v) is 5.51. The summed E-state index contributed by atoms with van der Waals surface area (Å²) in [5, 5.41) is -0.545. The van der Waals surface area contributed by atoms with Gasteiger partial charge >= 0.3 is 11.9 Å². The molecule has 0 bridgehead atoms. The molecule has 0 unspecified atom stereocenters. The van der Waals surface area contributed by atoms with Gasteiger partial charge in [-0.05, 0) is 85.8 Å². The molecule has 0 N–H and O–H groups in total. The van der Waals surface area contributed by atoms with E-state index in [-0.39, 0.29) is 24.2 Å². The van der Waals surface area contributed by atoms with Gasteiger partial charge in [0.1, 0.15) is 6.54 Å². The average molecular weight is 577 g/mol. The molecule has 1 aromatic carbocycles. The number of esters is 2. The Labute approximate surface area is 203 Å². The van der Waals surface area contributed by atoms with Crippen molar-refractivity contribution in [3.63, 3.8) is 0 Å². The van der Waals surface area contributed by atoms with Crippen LogP contribution < -0.4 is 9.47 Å². The lowest BCUT2D eigenvalue weighted by Gasteiger charge is -2.14. The molecular weight excluding hydrogens is 553 g/mol. The summed E-state index contributed by atoms with van der Waals surface area (Å²) < 4.78 is 21.7. The Morgan fingerprint density at radius 2 is 1.84 bits per heavy atom. The Kier molecular flexibility index (Phi) is 9.82. The number of nitrogens with zero attached hydrogens (tertiary/aromatic N) is 1. The standard InChI is InChI=1S/C21H24INO8S/c1-5-28-15-8-13(7-14(22)19(15)30-11-18(25)29-6-2)9-16-20(26)23(21(27)32-16)10-17(24)31-12(3)4/h7-9,12H,5-6,10-11H2,1-4H3/b16-9+. The zero-order chi connectivity index (χ0) is 23.8. The quantitative estimate of drug-likeness (QED) is 0.234. The number of imide groups is 1. The van der Waals surface area contributed by atoms with Gasteiger partial charge in [-0.15, -0.1) is 0 Å². The molecule has 2 amide bonds. The maximum Gasteiger partial charge on any atom is 0.344 e. The van der Waals surface area contributed by atoms with Crippen LogP contribution in [0.2, 0.25) is 0 Å². The fourth-order valence-electron chi connectivity index (χ4n) is 2.62. The second-order valence-electron chi connectivity index (χ2n) is 6.66. The third-order valence-electron chi connectivity index (χ3n) is 3.80. The monoisotopic (exact) mass is 577 g/mol. The highest BCUT2D eigenvalue weighted by molar-refractivity contribution is 14.1. The number of benzene rings is 1.